The normalized spacial score (nSPS) is 24.8. The Kier molecular flexibility index (Phi) is 3.87. The predicted molar refractivity (Wildman–Crippen MR) is 97.2 cm³/mol. The van der Waals surface area contributed by atoms with Gasteiger partial charge in [0, 0.05) is 60.9 Å². The van der Waals surface area contributed by atoms with E-state index in [4.69, 9.17) is 0 Å². The van der Waals surface area contributed by atoms with Gasteiger partial charge in [-0.1, -0.05) is 6.07 Å². The molecule has 2 saturated heterocycles. The van der Waals surface area contributed by atoms with E-state index in [9.17, 15) is 4.79 Å². The molecule has 128 valence electrons. The summed E-state index contributed by atoms with van der Waals surface area (Å²) in [5, 5.41) is 1.07. The molecule has 24 heavy (non-hydrogen) atoms. The number of nitrogens with zero attached hydrogens (tertiary/aromatic N) is 3. The summed E-state index contributed by atoms with van der Waals surface area (Å²) in [6.07, 6.45) is 5.65. The number of carbonyl (C=O) groups is 1. The van der Waals surface area contributed by atoms with Gasteiger partial charge in [0.05, 0.1) is 0 Å². The van der Waals surface area contributed by atoms with Crippen molar-refractivity contribution in [2.45, 2.75) is 51.2 Å². The number of amides is 1. The fourth-order valence-electron chi connectivity index (χ4n) is 4.80. The molecule has 1 aromatic carbocycles. The van der Waals surface area contributed by atoms with Crippen LogP contribution in [0.4, 0.5) is 0 Å². The van der Waals surface area contributed by atoms with Gasteiger partial charge in [-0.3, -0.25) is 9.69 Å². The predicted octanol–water partition coefficient (Wildman–Crippen LogP) is 3.27. The maximum atomic E-state index is 13.2. The van der Waals surface area contributed by atoms with E-state index in [0.717, 1.165) is 36.0 Å². The molecule has 0 saturated carbocycles. The molecule has 0 unspecified atom stereocenters. The van der Waals surface area contributed by atoms with Crippen LogP contribution in [0.3, 0.4) is 0 Å². The van der Waals surface area contributed by atoms with Crippen LogP contribution in [0.1, 0.15) is 43.5 Å². The number of aromatic nitrogens is 1. The molecule has 2 atom stereocenters. The van der Waals surface area contributed by atoms with Crippen molar-refractivity contribution in [1.29, 1.82) is 0 Å². The van der Waals surface area contributed by atoms with Crippen molar-refractivity contribution in [2.75, 3.05) is 13.1 Å². The summed E-state index contributed by atoms with van der Waals surface area (Å²) in [4.78, 5) is 18.0. The van der Waals surface area contributed by atoms with Crippen LogP contribution in [0.5, 0.6) is 0 Å². The first-order chi connectivity index (χ1) is 11.6. The molecule has 3 heterocycles. The first-order valence-electron chi connectivity index (χ1n) is 9.17. The van der Waals surface area contributed by atoms with Gasteiger partial charge in [0.2, 0.25) is 0 Å². The Bertz CT molecular complexity index is 763. The van der Waals surface area contributed by atoms with E-state index in [0.29, 0.717) is 18.1 Å². The van der Waals surface area contributed by atoms with Crippen molar-refractivity contribution in [3.63, 3.8) is 0 Å². The molecule has 4 rings (SSSR count). The standard InChI is InChI=1S/C20H27N3O/c1-14(2)23-15-7-8-16(23)13-22(12-9-15)20(24)18-5-4-6-19-17(18)10-11-21(19)3/h4-6,10-11,14-16H,7-9,12-13H2,1-3H3/t15-,16-/m0/s1. The fraction of sp³-hybridized carbons (Fsp3) is 0.550. The number of carbonyl (C=O) groups excluding carboxylic acids is 1. The van der Waals surface area contributed by atoms with E-state index in [2.05, 4.69) is 40.3 Å². The third-order valence-electron chi connectivity index (χ3n) is 5.88. The topological polar surface area (TPSA) is 28.5 Å². The number of benzene rings is 1. The van der Waals surface area contributed by atoms with Gasteiger partial charge in [0.1, 0.15) is 0 Å². The van der Waals surface area contributed by atoms with Gasteiger partial charge in [-0.05, 0) is 51.3 Å². The SMILES string of the molecule is CC(C)N1[C@H]2CC[C@H]1CN(C(=O)c1cccc3c1ccn3C)CC2. The first kappa shape index (κ1) is 15.7. The monoisotopic (exact) mass is 325 g/mol. The minimum absolute atomic E-state index is 0.197. The number of hydrogen-bond acceptors (Lipinski definition) is 2. The molecular weight excluding hydrogens is 298 g/mol. The summed E-state index contributed by atoms with van der Waals surface area (Å²) in [6.45, 7) is 6.32. The van der Waals surface area contributed by atoms with E-state index in [-0.39, 0.29) is 5.91 Å². The lowest BCUT2D eigenvalue weighted by Crippen LogP contribution is -2.44. The van der Waals surface area contributed by atoms with E-state index >= 15 is 0 Å². The van der Waals surface area contributed by atoms with Crippen LogP contribution >= 0.6 is 0 Å². The molecular formula is C20H27N3O. The molecule has 2 aromatic rings. The Morgan fingerprint density at radius 1 is 1.12 bits per heavy atom. The maximum absolute atomic E-state index is 13.2. The Morgan fingerprint density at radius 3 is 2.71 bits per heavy atom. The number of likely N-dealkylation sites (tertiary alicyclic amines) is 1. The Morgan fingerprint density at radius 2 is 1.92 bits per heavy atom. The lowest BCUT2D eigenvalue weighted by atomic mass is 10.1. The zero-order valence-corrected chi connectivity index (χ0v) is 14.9. The lowest BCUT2D eigenvalue weighted by molar-refractivity contribution is 0.0730. The highest BCUT2D eigenvalue weighted by Crippen LogP contribution is 2.33. The molecule has 2 aliphatic rings. The number of rotatable bonds is 2. The second-order valence-electron chi connectivity index (χ2n) is 7.63. The van der Waals surface area contributed by atoms with Crippen LogP contribution in [0.15, 0.2) is 30.5 Å². The average Bonchev–Trinajstić information content (AvgIpc) is 3.06. The zero-order chi connectivity index (χ0) is 16.8. The van der Waals surface area contributed by atoms with Crippen molar-refractivity contribution in [3.05, 3.63) is 36.0 Å². The van der Waals surface area contributed by atoms with Crippen molar-refractivity contribution in [1.82, 2.24) is 14.4 Å². The van der Waals surface area contributed by atoms with Gasteiger partial charge in [0.25, 0.3) is 5.91 Å². The molecule has 0 radical (unpaired) electrons. The van der Waals surface area contributed by atoms with Crippen LogP contribution in [-0.4, -0.2) is 51.5 Å². The van der Waals surface area contributed by atoms with E-state index in [1.165, 1.54) is 12.8 Å². The number of aryl methyl sites for hydroxylation is 1. The van der Waals surface area contributed by atoms with E-state index < -0.39 is 0 Å². The van der Waals surface area contributed by atoms with Crippen molar-refractivity contribution in [3.8, 4) is 0 Å². The molecule has 4 nitrogen and oxygen atoms in total. The van der Waals surface area contributed by atoms with Crippen LogP contribution in [-0.2, 0) is 7.05 Å². The number of fused-ring (bicyclic) bond motifs is 3. The van der Waals surface area contributed by atoms with Crippen molar-refractivity contribution < 1.29 is 4.79 Å². The molecule has 1 aromatic heterocycles. The zero-order valence-electron chi connectivity index (χ0n) is 14.9. The average molecular weight is 325 g/mol. The summed E-state index contributed by atoms with van der Waals surface area (Å²) >= 11 is 0. The van der Waals surface area contributed by atoms with Crippen LogP contribution in [0.25, 0.3) is 10.9 Å². The summed E-state index contributed by atoms with van der Waals surface area (Å²) in [6, 6.07) is 9.87. The van der Waals surface area contributed by atoms with Crippen LogP contribution < -0.4 is 0 Å². The van der Waals surface area contributed by atoms with Gasteiger partial charge in [-0.25, -0.2) is 0 Å². The van der Waals surface area contributed by atoms with Crippen molar-refractivity contribution in [2.24, 2.45) is 7.05 Å². The lowest BCUT2D eigenvalue weighted by Gasteiger charge is -2.32. The molecule has 2 fully saturated rings. The Balaban J connectivity index is 1.63. The minimum Gasteiger partial charge on any atom is -0.351 e. The molecule has 0 spiro atoms. The van der Waals surface area contributed by atoms with E-state index in [1.54, 1.807) is 0 Å². The molecule has 0 aliphatic carbocycles. The second kappa shape index (κ2) is 5.92. The Labute approximate surface area is 144 Å². The Hall–Kier alpha value is -1.81. The van der Waals surface area contributed by atoms with Gasteiger partial charge >= 0.3 is 0 Å². The largest absolute Gasteiger partial charge is 0.351 e. The van der Waals surface area contributed by atoms with Gasteiger partial charge < -0.3 is 9.47 Å². The maximum Gasteiger partial charge on any atom is 0.254 e. The molecule has 1 amide bonds. The summed E-state index contributed by atoms with van der Waals surface area (Å²) in [5.41, 5.74) is 1.97. The summed E-state index contributed by atoms with van der Waals surface area (Å²) in [7, 11) is 2.03. The quantitative estimate of drug-likeness (QED) is 0.848. The second-order valence-corrected chi connectivity index (χ2v) is 7.63. The first-order valence-corrected chi connectivity index (χ1v) is 9.17. The van der Waals surface area contributed by atoms with Crippen LogP contribution in [0, 0.1) is 0 Å². The van der Waals surface area contributed by atoms with Gasteiger partial charge in [-0.2, -0.15) is 0 Å². The molecule has 2 aliphatic heterocycles. The minimum atomic E-state index is 0.197. The third kappa shape index (κ3) is 2.44. The molecule has 4 heteroatoms. The van der Waals surface area contributed by atoms with E-state index in [1.807, 2.05) is 25.4 Å². The van der Waals surface area contributed by atoms with Crippen LogP contribution in [0.2, 0.25) is 0 Å². The fourth-order valence-corrected chi connectivity index (χ4v) is 4.80. The summed E-state index contributed by atoms with van der Waals surface area (Å²) < 4.78 is 2.08. The summed E-state index contributed by atoms with van der Waals surface area (Å²) in [5.74, 6) is 0.197. The molecule has 2 bridgehead atoms. The van der Waals surface area contributed by atoms with Gasteiger partial charge in [-0.15, -0.1) is 0 Å². The highest BCUT2D eigenvalue weighted by atomic mass is 16.2. The third-order valence-corrected chi connectivity index (χ3v) is 5.88. The van der Waals surface area contributed by atoms with Crippen molar-refractivity contribution >= 4 is 16.8 Å². The number of hydrogen-bond donors (Lipinski definition) is 0. The van der Waals surface area contributed by atoms with Gasteiger partial charge in [0.15, 0.2) is 0 Å². The highest BCUT2D eigenvalue weighted by molar-refractivity contribution is 6.06. The molecule has 0 N–H and O–H groups in total. The highest BCUT2D eigenvalue weighted by Gasteiger charge is 2.39. The smallest absolute Gasteiger partial charge is 0.254 e.